The van der Waals surface area contributed by atoms with E-state index in [4.69, 9.17) is 11.6 Å². The van der Waals surface area contributed by atoms with Crippen molar-refractivity contribution in [2.45, 2.75) is 6.42 Å². The van der Waals surface area contributed by atoms with Crippen LogP contribution in [0.15, 0.2) is 46.9 Å². The summed E-state index contributed by atoms with van der Waals surface area (Å²) in [5.74, 6) is -0.243. The van der Waals surface area contributed by atoms with Crippen molar-refractivity contribution in [2.24, 2.45) is 0 Å². The van der Waals surface area contributed by atoms with Crippen LogP contribution in [-0.2, 0) is 11.2 Å². The Morgan fingerprint density at radius 1 is 1.24 bits per heavy atom. The summed E-state index contributed by atoms with van der Waals surface area (Å²) in [6.07, 6.45) is 0.115. The Morgan fingerprint density at radius 2 is 1.90 bits per heavy atom. The zero-order valence-corrected chi connectivity index (χ0v) is 13.0. The third-order valence-corrected chi connectivity index (χ3v) is 3.52. The second-order valence-electron chi connectivity index (χ2n) is 4.27. The summed E-state index contributed by atoms with van der Waals surface area (Å²) < 4.78 is 0.820. The maximum Gasteiger partial charge on any atom is 0.269 e. The lowest BCUT2D eigenvalue weighted by atomic mass is 10.1. The van der Waals surface area contributed by atoms with E-state index in [0.717, 1.165) is 4.47 Å². The molecule has 108 valence electrons. The predicted octanol–water partition coefficient (Wildman–Crippen LogP) is 4.19. The van der Waals surface area contributed by atoms with Gasteiger partial charge in [-0.05, 0) is 23.8 Å². The van der Waals surface area contributed by atoms with Gasteiger partial charge in [-0.3, -0.25) is 14.9 Å². The monoisotopic (exact) mass is 368 g/mol. The van der Waals surface area contributed by atoms with Crippen LogP contribution in [0.5, 0.6) is 0 Å². The standard InChI is InChI=1S/C14H10BrClN2O3/c15-10-3-6-13(12(16)8-10)17-14(19)7-9-1-4-11(5-2-9)18(20)21/h1-6,8H,7H2,(H,17,19). The van der Waals surface area contributed by atoms with E-state index in [1.165, 1.54) is 12.1 Å². The number of nitro benzene ring substituents is 1. The Hall–Kier alpha value is -1.92. The Bertz CT molecular complexity index is 689. The zero-order valence-electron chi connectivity index (χ0n) is 10.7. The predicted molar refractivity (Wildman–Crippen MR) is 84.6 cm³/mol. The average Bonchev–Trinajstić information content (AvgIpc) is 2.42. The second kappa shape index (κ2) is 6.69. The normalized spacial score (nSPS) is 10.2. The van der Waals surface area contributed by atoms with Gasteiger partial charge in [0.25, 0.3) is 5.69 Å². The number of benzene rings is 2. The lowest BCUT2D eigenvalue weighted by Gasteiger charge is -2.07. The maximum absolute atomic E-state index is 11.9. The molecule has 0 bridgehead atoms. The Morgan fingerprint density at radius 3 is 2.48 bits per heavy atom. The number of non-ortho nitro benzene ring substituents is 1. The highest BCUT2D eigenvalue weighted by atomic mass is 79.9. The number of carbonyl (C=O) groups is 1. The quantitative estimate of drug-likeness (QED) is 0.648. The highest BCUT2D eigenvalue weighted by Gasteiger charge is 2.09. The first kappa shape index (κ1) is 15.5. The van der Waals surface area contributed by atoms with E-state index in [1.54, 1.807) is 30.3 Å². The van der Waals surface area contributed by atoms with Gasteiger partial charge in [0.1, 0.15) is 0 Å². The number of nitrogens with zero attached hydrogens (tertiary/aromatic N) is 1. The van der Waals surface area contributed by atoms with E-state index in [0.29, 0.717) is 16.3 Å². The summed E-state index contributed by atoms with van der Waals surface area (Å²) in [7, 11) is 0. The molecule has 0 fully saturated rings. The number of nitro groups is 1. The average molecular weight is 370 g/mol. The van der Waals surface area contributed by atoms with E-state index in [-0.39, 0.29) is 18.0 Å². The van der Waals surface area contributed by atoms with Gasteiger partial charge in [-0.15, -0.1) is 0 Å². The lowest BCUT2D eigenvalue weighted by molar-refractivity contribution is -0.384. The molecule has 0 aliphatic carbocycles. The molecule has 0 atom stereocenters. The van der Waals surface area contributed by atoms with Gasteiger partial charge in [-0.1, -0.05) is 39.7 Å². The number of hydrogen-bond acceptors (Lipinski definition) is 3. The molecule has 0 radical (unpaired) electrons. The number of anilines is 1. The van der Waals surface area contributed by atoms with Crippen molar-refractivity contribution < 1.29 is 9.72 Å². The minimum atomic E-state index is -0.481. The summed E-state index contributed by atoms with van der Waals surface area (Å²) in [4.78, 5) is 22.0. The molecule has 0 saturated heterocycles. The largest absolute Gasteiger partial charge is 0.324 e. The van der Waals surface area contributed by atoms with Crippen LogP contribution < -0.4 is 5.32 Å². The number of hydrogen-bond donors (Lipinski definition) is 1. The number of nitrogens with one attached hydrogen (secondary N) is 1. The van der Waals surface area contributed by atoms with E-state index in [9.17, 15) is 14.9 Å². The fourth-order valence-electron chi connectivity index (χ4n) is 1.71. The fourth-order valence-corrected chi connectivity index (χ4v) is 2.43. The van der Waals surface area contributed by atoms with Crippen molar-refractivity contribution in [2.75, 3.05) is 5.32 Å². The van der Waals surface area contributed by atoms with Gasteiger partial charge in [-0.25, -0.2) is 0 Å². The molecule has 0 heterocycles. The number of halogens is 2. The molecule has 7 heteroatoms. The zero-order chi connectivity index (χ0) is 15.4. The molecule has 0 aliphatic rings. The van der Waals surface area contributed by atoms with Crippen molar-refractivity contribution in [1.82, 2.24) is 0 Å². The molecule has 1 N–H and O–H groups in total. The van der Waals surface area contributed by atoms with Crippen LogP contribution in [0.4, 0.5) is 11.4 Å². The molecule has 5 nitrogen and oxygen atoms in total. The third kappa shape index (κ3) is 4.27. The van der Waals surface area contributed by atoms with E-state index in [1.807, 2.05) is 0 Å². The van der Waals surface area contributed by atoms with Gasteiger partial charge >= 0.3 is 0 Å². The van der Waals surface area contributed by atoms with Gasteiger partial charge in [0.15, 0.2) is 0 Å². The molecule has 0 unspecified atom stereocenters. The smallest absolute Gasteiger partial charge is 0.269 e. The fraction of sp³-hybridized carbons (Fsp3) is 0.0714. The topological polar surface area (TPSA) is 72.2 Å². The van der Waals surface area contributed by atoms with Gasteiger partial charge in [0.05, 0.1) is 22.1 Å². The van der Waals surface area contributed by atoms with Crippen LogP contribution in [0.1, 0.15) is 5.56 Å². The van der Waals surface area contributed by atoms with Crippen LogP contribution in [0.3, 0.4) is 0 Å². The van der Waals surface area contributed by atoms with E-state index >= 15 is 0 Å². The molecule has 21 heavy (non-hydrogen) atoms. The van der Waals surface area contributed by atoms with Gasteiger partial charge in [-0.2, -0.15) is 0 Å². The number of amides is 1. The van der Waals surface area contributed by atoms with Crippen LogP contribution in [-0.4, -0.2) is 10.8 Å². The minimum absolute atomic E-state index is 0.00453. The third-order valence-electron chi connectivity index (χ3n) is 2.72. The number of rotatable bonds is 4. The molecule has 1 amide bonds. The van der Waals surface area contributed by atoms with Crippen LogP contribution in [0.25, 0.3) is 0 Å². The van der Waals surface area contributed by atoms with Gasteiger partial charge in [0, 0.05) is 16.6 Å². The van der Waals surface area contributed by atoms with E-state index < -0.39 is 4.92 Å². The molecule has 0 saturated carbocycles. The van der Waals surface area contributed by atoms with Crippen LogP contribution in [0.2, 0.25) is 5.02 Å². The lowest BCUT2D eigenvalue weighted by Crippen LogP contribution is -2.14. The van der Waals surface area contributed by atoms with Gasteiger partial charge in [0.2, 0.25) is 5.91 Å². The summed E-state index contributed by atoms with van der Waals surface area (Å²) >= 11 is 9.30. The molecule has 2 aromatic rings. The van der Waals surface area contributed by atoms with Gasteiger partial charge < -0.3 is 5.32 Å². The molecule has 2 rings (SSSR count). The second-order valence-corrected chi connectivity index (χ2v) is 5.60. The van der Waals surface area contributed by atoms with E-state index in [2.05, 4.69) is 21.2 Å². The summed E-state index contributed by atoms with van der Waals surface area (Å²) in [5.41, 5.74) is 1.20. The summed E-state index contributed by atoms with van der Waals surface area (Å²) in [5, 5.41) is 13.7. The van der Waals surface area contributed by atoms with Crippen molar-refractivity contribution in [1.29, 1.82) is 0 Å². The van der Waals surface area contributed by atoms with Crippen molar-refractivity contribution in [3.8, 4) is 0 Å². The SMILES string of the molecule is O=C(Cc1ccc([N+](=O)[O-])cc1)Nc1ccc(Br)cc1Cl. The first-order valence-corrected chi connectivity index (χ1v) is 7.11. The molecule has 0 aromatic heterocycles. The maximum atomic E-state index is 11.9. The molecular formula is C14H10BrClN2O3. The molecular weight excluding hydrogens is 360 g/mol. The van der Waals surface area contributed by atoms with Crippen molar-refractivity contribution in [3.05, 3.63) is 67.6 Å². The molecule has 0 spiro atoms. The van der Waals surface area contributed by atoms with Crippen LogP contribution in [0, 0.1) is 10.1 Å². The Labute approximate surface area is 134 Å². The minimum Gasteiger partial charge on any atom is -0.324 e. The summed E-state index contributed by atoms with van der Waals surface area (Å²) in [6.45, 7) is 0. The Balaban J connectivity index is 2.02. The van der Waals surface area contributed by atoms with Crippen molar-refractivity contribution in [3.63, 3.8) is 0 Å². The summed E-state index contributed by atoms with van der Waals surface area (Å²) in [6, 6.07) is 11.0. The first-order chi connectivity index (χ1) is 9.95. The highest BCUT2D eigenvalue weighted by molar-refractivity contribution is 9.10. The Kier molecular flexibility index (Phi) is 4.93. The highest BCUT2D eigenvalue weighted by Crippen LogP contribution is 2.25. The number of carbonyl (C=O) groups excluding carboxylic acids is 1. The molecule has 2 aromatic carbocycles. The molecule has 0 aliphatic heterocycles. The van der Waals surface area contributed by atoms with Crippen LogP contribution >= 0.6 is 27.5 Å². The van der Waals surface area contributed by atoms with Crippen molar-refractivity contribution >= 4 is 44.8 Å². The first-order valence-electron chi connectivity index (χ1n) is 5.94.